The fourth-order valence-electron chi connectivity index (χ4n) is 3.59. The minimum absolute atomic E-state index is 0.144. The lowest BCUT2D eigenvalue weighted by molar-refractivity contribution is -0.124. The lowest BCUT2D eigenvalue weighted by atomic mass is 10.2. The quantitative estimate of drug-likeness (QED) is 0.608. The molecule has 2 aliphatic heterocycles. The Hall–Kier alpha value is -3.18. The van der Waals surface area contributed by atoms with E-state index in [1.807, 2.05) is 0 Å². The van der Waals surface area contributed by atoms with E-state index in [2.05, 4.69) is 5.32 Å². The van der Waals surface area contributed by atoms with Crippen LogP contribution in [0, 0.1) is 5.82 Å². The number of hydrogen-bond acceptors (Lipinski definition) is 7. The van der Waals surface area contributed by atoms with E-state index in [4.69, 9.17) is 14.2 Å². The van der Waals surface area contributed by atoms with Gasteiger partial charge in [-0.2, -0.15) is 4.31 Å². The summed E-state index contributed by atoms with van der Waals surface area (Å²) in [5.41, 5.74) is 0.612. The van der Waals surface area contributed by atoms with Gasteiger partial charge in [0, 0.05) is 19.6 Å². The Kier molecular flexibility index (Phi) is 6.80. The molecule has 0 aliphatic carbocycles. The number of nitrogens with zero attached hydrogens (tertiary/aromatic N) is 1. The Morgan fingerprint density at radius 1 is 1.03 bits per heavy atom. The average Bonchev–Trinajstić information content (AvgIpc) is 3.30. The Labute approximate surface area is 190 Å². The van der Waals surface area contributed by atoms with Gasteiger partial charge in [-0.1, -0.05) is 12.5 Å². The van der Waals surface area contributed by atoms with Crippen molar-refractivity contribution in [1.29, 1.82) is 0 Å². The number of halogens is 1. The SMILES string of the molecule is O=C(COC(=O)c1ccc(F)c(S(=O)(=O)N2CCCCC2)c1)NCc1ccc2c(c1)OCO2. The number of piperidine rings is 1. The molecule has 0 unspecified atom stereocenters. The van der Waals surface area contributed by atoms with E-state index in [1.54, 1.807) is 18.2 Å². The highest BCUT2D eigenvalue weighted by molar-refractivity contribution is 7.89. The molecule has 2 aromatic carbocycles. The van der Waals surface area contributed by atoms with E-state index >= 15 is 0 Å². The average molecular weight is 478 g/mol. The molecule has 176 valence electrons. The van der Waals surface area contributed by atoms with Crippen LogP contribution in [0.2, 0.25) is 0 Å². The van der Waals surface area contributed by atoms with Crippen LogP contribution in [0.5, 0.6) is 11.5 Å². The first kappa shape index (κ1) is 23.0. The summed E-state index contributed by atoms with van der Waals surface area (Å²) in [6.07, 6.45) is 2.31. The lowest BCUT2D eigenvalue weighted by Crippen LogP contribution is -2.36. The molecular formula is C22H23FN2O7S. The highest BCUT2D eigenvalue weighted by Gasteiger charge is 2.29. The zero-order chi connectivity index (χ0) is 23.4. The molecule has 33 heavy (non-hydrogen) atoms. The normalized spacial score (nSPS) is 15.8. The summed E-state index contributed by atoms with van der Waals surface area (Å²) in [4.78, 5) is 23.8. The summed E-state index contributed by atoms with van der Waals surface area (Å²) in [6.45, 7) is 0.363. The van der Waals surface area contributed by atoms with Crippen LogP contribution in [0.25, 0.3) is 0 Å². The van der Waals surface area contributed by atoms with Crippen molar-refractivity contribution in [2.45, 2.75) is 30.7 Å². The Bertz CT molecular complexity index is 1160. The van der Waals surface area contributed by atoms with Crippen molar-refractivity contribution >= 4 is 21.9 Å². The second-order valence-electron chi connectivity index (χ2n) is 7.65. The van der Waals surface area contributed by atoms with Crippen molar-refractivity contribution in [3.63, 3.8) is 0 Å². The van der Waals surface area contributed by atoms with Crippen molar-refractivity contribution in [3.8, 4) is 11.5 Å². The number of hydrogen-bond donors (Lipinski definition) is 1. The maximum absolute atomic E-state index is 14.3. The number of benzene rings is 2. The van der Waals surface area contributed by atoms with Crippen molar-refractivity contribution in [2.24, 2.45) is 0 Å². The first-order valence-electron chi connectivity index (χ1n) is 10.5. The van der Waals surface area contributed by atoms with Crippen LogP contribution in [-0.2, 0) is 26.1 Å². The van der Waals surface area contributed by atoms with Crippen LogP contribution < -0.4 is 14.8 Å². The summed E-state index contributed by atoms with van der Waals surface area (Å²) >= 11 is 0. The van der Waals surface area contributed by atoms with Crippen molar-refractivity contribution in [3.05, 3.63) is 53.3 Å². The van der Waals surface area contributed by atoms with Crippen LogP contribution in [-0.4, -0.2) is 51.1 Å². The molecule has 1 fully saturated rings. The minimum atomic E-state index is -4.07. The molecule has 0 radical (unpaired) electrons. The molecule has 0 spiro atoms. The minimum Gasteiger partial charge on any atom is -0.454 e. The number of carbonyl (C=O) groups excluding carboxylic acids is 2. The molecule has 9 nitrogen and oxygen atoms in total. The van der Waals surface area contributed by atoms with Crippen molar-refractivity contribution in [1.82, 2.24) is 9.62 Å². The second-order valence-corrected chi connectivity index (χ2v) is 9.56. The van der Waals surface area contributed by atoms with Crippen molar-refractivity contribution < 1.29 is 36.6 Å². The predicted octanol–water partition coefficient (Wildman–Crippen LogP) is 2.20. The van der Waals surface area contributed by atoms with Gasteiger partial charge in [-0.3, -0.25) is 4.79 Å². The van der Waals surface area contributed by atoms with E-state index in [1.165, 1.54) is 4.31 Å². The molecule has 2 aromatic rings. The summed E-state index contributed by atoms with van der Waals surface area (Å²) in [5.74, 6) is -1.22. The molecular weight excluding hydrogens is 455 g/mol. The van der Waals surface area contributed by atoms with E-state index in [0.717, 1.165) is 30.2 Å². The number of esters is 1. The van der Waals surface area contributed by atoms with Gasteiger partial charge in [-0.05, 0) is 48.7 Å². The van der Waals surface area contributed by atoms with Gasteiger partial charge in [-0.15, -0.1) is 0 Å². The lowest BCUT2D eigenvalue weighted by Gasteiger charge is -2.26. The van der Waals surface area contributed by atoms with Crippen LogP contribution in [0.15, 0.2) is 41.3 Å². The Morgan fingerprint density at radius 3 is 2.58 bits per heavy atom. The molecule has 1 amide bonds. The van der Waals surface area contributed by atoms with E-state index in [0.29, 0.717) is 37.4 Å². The molecule has 1 N–H and O–H groups in total. The third kappa shape index (κ3) is 5.25. The number of sulfonamides is 1. The zero-order valence-electron chi connectivity index (χ0n) is 17.7. The predicted molar refractivity (Wildman–Crippen MR) is 114 cm³/mol. The van der Waals surface area contributed by atoms with Gasteiger partial charge in [0.15, 0.2) is 18.1 Å². The molecule has 2 aliphatic rings. The summed E-state index contributed by atoms with van der Waals surface area (Å²) in [7, 11) is -4.07. The van der Waals surface area contributed by atoms with Crippen molar-refractivity contribution in [2.75, 3.05) is 26.5 Å². The number of ether oxygens (including phenoxy) is 3. The molecule has 0 bridgehead atoms. The van der Waals surface area contributed by atoms with Crippen LogP contribution in [0.4, 0.5) is 4.39 Å². The van der Waals surface area contributed by atoms with Gasteiger partial charge in [-0.25, -0.2) is 17.6 Å². The third-order valence-corrected chi connectivity index (χ3v) is 7.27. The smallest absolute Gasteiger partial charge is 0.338 e. The van der Waals surface area contributed by atoms with Gasteiger partial charge in [0.1, 0.15) is 10.7 Å². The summed E-state index contributed by atoms with van der Waals surface area (Å²) in [6, 6.07) is 8.21. The monoisotopic (exact) mass is 478 g/mol. The largest absolute Gasteiger partial charge is 0.454 e. The van der Waals surface area contributed by atoms with Crippen LogP contribution >= 0.6 is 0 Å². The molecule has 4 rings (SSSR count). The maximum Gasteiger partial charge on any atom is 0.338 e. The number of fused-ring (bicyclic) bond motifs is 1. The van der Waals surface area contributed by atoms with Gasteiger partial charge >= 0.3 is 5.97 Å². The number of rotatable bonds is 7. The standard InChI is InChI=1S/C22H23FN2O7S/c23-17-6-5-16(11-20(17)33(28,29)25-8-2-1-3-9-25)22(27)30-13-21(26)24-12-15-4-7-18-19(10-15)32-14-31-18/h4-7,10-11H,1-3,8-9,12-14H2,(H,24,26). The van der Waals surface area contributed by atoms with Crippen LogP contribution in [0.1, 0.15) is 35.2 Å². The summed E-state index contributed by atoms with van der Waals surface area (Å²) < 4.78 is 56.6. The number of amides is 1. The highest BCUT2D eigenvalue weighted by Crippen LogP contribution is 2.32. The first-order chi connectivity index (χ1) is 15.8. The van der Waals surface area contributed by atoms with Gasteiger partial charge in [0.05, 0.1) is 5.56 Å². The molecule has 1 saturated heterocycles. The van der Waals surface area contributed by atoms with E-state index < -0.39 is 39.2 Å². The molecule has 0 saturated carbocycles. The van der Waals surface area contributed by atoms with Crippen LogP contribution in [0.3, 0.4) is 0 Å². The first-order valence-corrected chi connectivity index (χ1v) is 11.9. The van der Waals surface area contributed by atoms with E-state index in [9.17, 15) is 22.4 Å². The third-order valence-electron chi connectivity index (χ3n) is 5.36. The molecule has 2 heterocycles. The zero-order valence-corrected chi connectivity index (χ0v) is 18.5. The molecule has 11 heteroatoms. The van der Waals surface area contributed by atoms with Gasteiger partial charge in [0.2, 0.25) is 16.8 Å². The Morgan fingerprint density at radius 2 is 1.79 bits per heavy atom. The second kappa shape index (κ2) is 9.75. The fourth-order valence-corrected chi connectivity index (χ4v) is 5.20. The van der Waals surface area contributed by atoms with Gasteiger partial charge < -0.3 is 19.5 Å². The fraction of sp³-hybridized carbons (Fsp3) is 0.364. The summed E-state index contributed by atoms with van der Waals surface area (Å²) in [5, 5.41) is 2.61. The number of nitrogens with one attached hydrogen (secondary N) is 1. The van der Waals surface area contributed by atoms with Gasteiger partial charge in [0.25, 0.3) is 5.91 Å². The van der Waals surface area contributed by atoms with E-state index in [-0.39, 0.29) is 18.9 Å². The number of carbonyl (C=O) groups is 2. The molecule has 0 aromatic heterocycles. The Balaban J connectivity index is 1.34. The maximum atomic E-state index is 14.3. The topological polar surface area (TPSA) is 111 Å². The highest BCUT2D eigenvalue weighted by atomic mass is 32.2. The molecule has 0 atom stereocenters.